The van der Waals surface area contributed by atoms with E-state index in [2.05, 4.69) is 40.7 Å². The minimum atomic E-state index is -1.39. The Hall–Kier alpha value is -1.32. The van der Waals surface area contributed by atoms with Crippen LogP contribution in [0, 0.1) is 50.2 Å². The Balaban J connectivity index is 1.32. The zero-order chi connectivity index (χ0) is 31.4. The summed E-state index contributed by atoms with van der Waals surface area (Å²) in [6, 6.07) is 0. The van der Waals surface area contributed by atoms with Crippen LogP contribution in [0.3, 0.4) is 0 Å². The van der Waals surface area contributed by atoms with Crippen molar-refractivity contribution in [2.45, 2.75) is 136 Å². The monoisotopic (exact) mass is 602 g/mol. The first kappa shape index (κ1) is 31.7. The number of aldehydes is 1. The summed E-state index contributed by atoms with van der Waals surface area (Å²) in [5.41, 5.74) is -0.180. The van der Waals surface area contributed by atoms with Crippen molar-refractivity contribution < 1.29 is 39.5 Å². The number of rotatable bonds is 4. The molecule has 0 radical (unpaired) electrons. The molecule has 4 N–H and O–H groups in total. The van der Waals surface area contributed by atoms with Crippen LogP contribution in [0.5, 0.6) is 0 Å². The van der Waals surface area contributed by atoms with Crippen molar-refractivity contribution >= 4 is 12.3 Å². The zero-order valence-corrected chi connectivity index (χ0v) is 27.0. The Morgan fingerprint density at radius 2 is 1.63 bits per heavy atom. The molecule has 1 saturated heterocycles. The third kappa shape index (κ3) is 4.25. The Morgan fingerprint density at radius 3 is 2.30 bits per heavy atom. The van der Waals surface area contributed by atoms with Gasteiger partial charge in [0.15, 0.2) is 6.29 Å². The van der Waals surface area contributed by atoms with Crippen LogP contribution in [-0.4, -0.2) is 70.0 Å². The van der Waals surface area contributed by atoms with Gasteiger partial charge in [0.25, 0.3) is 0 Å². The molecule has 6 aliphatic rings. The maximum atomic E-state index is 13.0. The molecule has 0 aromatic carbocycles. The molecule has 0 aromatic rings. The van der Waals surface area contributed by atoms with Crippen molar-refractivity contribution in [1.82, 2.24) is 0 Å². The van der Waals surface area contributed by atoms with Crippen molar-refractivity contribution in [1.29, 1.82) is 0 Å². The molecule has 0 unspecified atom stereocenters. The SMILES string of the molecule is CC1(C)CC[C@]2(C(=O)O)CC[C@]3(C)C(=CC[C@@H]4[C@@]5(C)CC[C@H](O[C@@H]6OC[C@H](O)[C@H](O)[C@H]6O)[C@@](C)(C=O)[C@@H]5CC[C@]43C)[C@@H]2C1. The molecule has 43 heavy (non-hydrogen) atoms. The van der Waals surface area contributed by atoms with Gasteiger partial charge in [0, 0.05) is 0 Å². The quantitative estimate of drug-likeness (QED) is 0.203. The second kappa shape index (κ2) is 10.1. The third-order valence-electron chi connectivity index (χ3n) is 14.7. The number of hydrogen-bond donors (Lipinski definition) is 4. The predicted molar refractivity (Wildman–Crippen MR) is 160 cm³/mol. The maximum Gasteiger partial charge on any atom is 0.310 e. The molecule has 0 spiro atoms. The topological polar surface area (TPSA) is 134 Å². The van der Waals surface area contributed by atoms with Crippen LogP contribution in [-0.2, 0) is 19.1 Å². The summed E-state index contributed by atoms with van der Waals surface area (Å²) in [7, 11) is 0. The third-order valence-corrected chi connectivity index (χ3v) is 14.7. The largest absolute Gasteiger partial charge is 0.481 e. The lowest BCUT2D eigenvalue weighted by atomic mass is 9.33. The highest BCUT2D eigenvalue weighted by Gasteiger charge is 2.70. The molecule has 1 aliphatic heterocycles. The smallest absolute Gasteiger partial charge is 0.310 e. The fourth-order valence-corrected chi connectivity index (χ4v) is 11.8. The summed E-state index contributed by atoms with van der Waals surface area (Å²) >= 11 is 0. The molecule has 5 aliphatic carbocycles. The normalized spacial score (nSPS) is 54.2. The van der Waals surface area contributed by atoms with Gasteiger partial charge in [0.1, 0.15) is 24.6 Å². The van der Waals surface area contributed by atoms with Crippen molar-refractivity contribution in [3.63, 3.8) is 0 Å². The first-order valence-electron chi connectivity index (χ1n) is 16.7. The Morgan fingerprint density at radius 1 is 0.930 bits per heavy atom. The summed E-state index contributed by atoms with van der Waals surface area (Å²) in [5, 5.41) is 41.3. The van der Waals surface area contributed by atoms with Gasteiger partial charge in [0.05, 0.1) is 23.5 Å². The molecule has 0 bridgehead atoms. The van der Waals surface area contributed by atoms with Crippen molar-refractivity contribution in [3.05, 3.63) is 11.6 Å². The molecule has 4 saturated carbocycles. The molecule has 0 amide bonds. The van der Waals surface area contributed by atoms with E-state index in [0.29, 0.717) is 12.3 Å². The van der Waals surface area contributed by atoms with E-state index < -0.39 is 47.5 Å². The highest BCUT2D eigenvalue weighted by atomic mass is 16.7. The van der Waals surface area contributed by atoms with Crippen LogP contribution in [0.1, 0.15) is 106 Å². The second-order valence-corrected chi connectivity index (χ2v) is 17.1. The Bertz CT molecular complexity index is 1180. The van der Waals surface area contributed by atoms with Crippen LogP contribution in [0.25, 0.3) is 0 Å². The number of aliphatic hydroxyl groups is 3. The van der Waals surface area contributed by atoms with Crippen LogP contribution >= 0.6 is 0 Å². The van der Waals surface area contributed by atoms with E-state index in [1.54, 1.807) is 0 Å². The lowest BCUT2D eigenvalue weighted by Crippen LogP contribution is -2.66. The number of hydrogen-bond acceptors (Lipinski definition) is 7. The van der Waals surface area contributed by atoms with Crippen LogP contribution in [0.2, 0.25) is 0 Å². The van der Waals surface area contributed by atoms with Crippen LogP contribution in [0.4, 0.5) is 0 Å². The predicted octanol–water partition coefficient (Wildman–Crippen LogP) is 4.88. The first-order valence-corrected chi connectivity index (χ1v) is 16.7. The number of carboxylic acids is 1. The number of carbonyl (C=O) groups is 2. The Labute approximate surface area is 256 Å². The molecule has 242 valence electrons. The molecule has 8 heteroatoms. The second-order valence-electron chi connectivity index (χ2n) is 17.1. The molecule has 8 nitrogen and oxygen atoms in total. The van der Waals surface area contributed by atoms with Gasteiger partial charge >= 0.3 is 5.97 Å². The average Bonchev–Trinajstić information content (AvgIpc) is 2.94. The molecule has 1 heterocycles. The molecule has 5 fully saturated rings. The number of fused-ring (bicyclic) bond motifs is 7. The van der Waals surface area contributed by atoms with Gasteiger partial charge in [-0.2, -0.15) is 0 Å². The van der Waals surface area contributed by atoms with E-state index in [0.717, 1.165) is 64.1 Å². The molecule has 0 aromatic heterocycles. The van der Waals surface area contributed by atoms with Gasteiger partial charge in [-0.15, -0.1) is 0 Å². The standard InChI is InChI=1S/C35H54O8/c1-30(2)13-15-35(29(40)41)16-14-33(5)20(21(35)17-30)7-8-24-31(3)11-10-25(43-28-27(39)26(38)22(37)18-42-28)32(4,19-36)23(31)9-12-34(24,33)6/h7,19,21-28,37-39H,8-18H2,1-6H3,(H,40,41)/t21-,22-,23+,24+,25-,26-,27+,28-,31-,32-,33+,34+,35-/m0/s1. The summed E-state index contributed by atoms with van der Waals surface area (Å²) in [6.45, 7) is 13.7. The van der Waals surface area contributed by atoms with E-state index in [9.17, 15) is 30.0 Å². The lowest BCUT2D eigenvalue weighted by Gasteiger charge is -2.71. The summed E-state index contributed by atoms with van der Waals surface area (Å²) in [4.78, 5) is 25.9. The van der Waals surface area contributed by atoms with E-state index in [-0.39, 0.29) is 40.1 Å². The van der Waals surface area contributed by atoms with Crippen molar-refractivity contribution in [2.24, 2.45) is 50.2 Å². The minimum Gasteiger partial charge on any atom is -0.481 e. The zero-order valence-electron chi connectivity index (χ0n) is 27.0. The van der Waals surface area contributed by atoms with Crippen molar-refractivity contribution in [2.75, 3.05) is 6.61 Å². The van der Waals surface area contributed by atoms with Crippen LogP contribution < -0.4 is 0 Å². The van der Waals surface area contributed by atoms with E-state index in [1.165, 1.54) is 5.57 Å². The summed E-state index contributed by atoms with van der Waals surface area (Å²) in [6.07, 6.45) is 6.47. The summed E-state index contributed by atoms with van der Waals surface area (Å²) in [5.74, 6) is -0.140. The number of allylic oxidation sites excluding steroid dienone is 2. The van der Waals surface area contributed by atoms with E-state index in [1.807, 2.05) is 6.92 Å². The minimum absolute atomic E-state index is 0.0189. The highest BCUT2D eigenvalue weighted by Crippen LogP contribution is 2.75. The van der Waals surface area contributed by atoms with Gasteiger partial charge in [0.2, 0.25) is 0 Å². The number of ether oxygens (including phenoxy) is 2. The number of carboxylic acid groups (broad SMARTS) is 1. The molecule has 13 atom stereocenters. The number of aliphatic carboxylic acids is 1. The van der Waals surface area contributed by atoms with Gasteiger partial charge in [-0.25, -0.2) is 0 Å². The van der Waals surface area contributed by atoms with Gasteiger partial charge in [-0.3, -0.25) is 4.79 Å². The summed E-state index contributed by atoms with van der Waals surface area (Å²) < 4.78 is 11.9. The molecule has 6 rings (SSSR count). The lowest BCUT2D eigenvalue weighted by molar-refractivity contribution is -0.305. The van der Waals surface area contributed by atoms with E-state index in [4.69, 9.17) is 9.47 Å². The highest BCUT2D eigenvalue weighted by molar-refractivity contribution is 5.76. The number of aliphatic hydroxyl groups excluding tert-OH is 3. The Kier molecular flexibility index (Phi) is 7.43. The maximum absolute atomic E-state index is 13.0. The average molecular weight is 603 g/mol. The first-order chi connectivity index (χ1) is 20.0. The fourth-order valence-electron chi connectivity index (χ4n) is 11.8. The molecular weight excluding hydrogens is 548 g/mol. The van der Waals surface area contributed by atoms with E-state index >= 15 is 0 Å². The van der Waals surface area contributed by atoms with Gasteiger partial charge < -0.3 is 34.7 Å². The van der Waals surface area contributed by atoms with Gasteiger partial charge in [-0.1, -0.05) is 53.2 Å². The number of carbonyl (C=O) groups excluding carboxylic acids is 1. The molecular formula is C35H54O8. The van der Waals surface area contributed by atoms with Crippen LogP contribution in [0.15, 0.2) is 11.6 Å². The fraction of sp³-hybridized carbons (Fsp3) is 0.886. The van der Waals surface area contributed by atoms with Crippen molar-refractivity contribution in [3.8, 4) is 0 Å². The van der Waals surface area contributed by atoms with Gasteiger partial charge in [-0.05, 0) is 104 Å².